The number of hydrogen-bond acceptors (Lipinski definition) is 4. The summed E-state index contributed by atoms with van der Waals surface area (Å²) in [4.78, 5) is 27.7. The number of carbonyl (C=O) groups excluding carboxylic acids is 2. The first-order chi connectivity index (χ1) is 10.1. The molecule has 1 aromatic carbocycles. The van der Waals surface area contributed by atoms with Gasteiger partial charge in [0.15, 0.2) is 0 Å². The molecule has 5 heteroatoms. The lowest BCUT2D eigenvalue weighted by Crippen LogP contribution is -2.33. The van der Waals surface area contributed by atoms with Gasteiger partial charge in [-0.2, -0.15) is 0 Å². The number of amides is 2. The molecule has 0 spiro atoms. The van der Waals surface area contributed by atoms with E-state index in [1.165, 1.54) is 4.90 Å². The predicted molar refractivity (Wildman–Crippen MR) is 83.3 cm³/mol. The summed E-state index contributed by atoms with van der Waals surface area (Å²) in [5.74, 6) is -0.519. The summed E-state index contributed by atoms with van der Waals surface area (Å²) in [5, 5.41) is 1.96. The molecule has 1 aliphatic heterocycles. The Morgan fingerprint density at radius 2 is 2.00 bits per heavy atom. The van der Waals surface area contributed by atoms with Crippen molar-refractivity contribution in [1.29, 1.82) is 0 Å². The summed E-state index contributed by atoms with van der Waals surface area (Å²) in [6.45, 7) is 2.05. The maximum Gasteiger partial charge on any atom is 0.264 e. The molecular formula is C16H16N2O2S. The normalized spacial score (nSPS) is 15.4. The summed E-state index contributed by atoms with van der Waals surface area (Å²) in [7, 11) is 0. The molecule has 2 amide bonds. The number of imide groups is 1. The summed E-state index contributed by atoms with van der Waals surface area (Å²) in [5.41, 5.74) is 7.01. The Morgan fingerprint density at radius 3 is 2.62 bits per heavy atom. The van der Waals surface area contributed by atoms with Crippen molar-refractivity contribution in [1.82, 2.24) is 4.90 Å². The fraction of sp³-hybridized carbons (Fsp3) is 0.250. The van der Waals surface area contributed by atoms with Crippen molar-refractivity contribution in [2.24, 2.45) is 0 Å². The molecule has 108 valence electrons. The number of nitrogens with two attached hydrogens (primary N) is 1. The Morgan fingerprint density at radius 1 is 1.19 bits per heavy atom. The van der Waals surface area contributed by atoms with Crippen LogP contribution in [0.5, 0.6) is 0 Å². The van der Waals surface area contributed by atoms with Gasteiger partial charge in [0.25, 0.3) is 11.8 Å². The quantitative estimate of drug-likeness (QED) is 0.694. The topological polar surface area (TPSA) is 63.4 Å². The number of fused-ring (bicyclic) bond motifs is 1. The number of anilines is 1. The minimum atomic E-state index is -0.278. The molecule has 1 unspecified atom stereocenters. The van der Waals surface area contributed by atoms with Crippen LogP contribution in [0.25, 0.3) is 0 Å². The molecule has 1 atom stereocenters. The lowest BCUT2D eigenvalue weighted by molar-refractivity contribution is 0.0576. The van der Waals surface area contributed by atoms with Gasteiger partial charge in [0.05, 0.1) is 17.2 Å². The second kappa shape index (κ2) is 5.33. The van der Waals surface area contributed by atoms with Crippen molar-refractivity contribution in [2.45, 2.75) is 25.8 Å². The number of nitrogen functional groups attached to an aromatic ring is 1. The van der Waals surface area contributed by atoms with Crippen molar-refractivity contribution in [3.8, 4) is 0 Å². The zero-order valence-electron chi connectivity index (χ0n) is 11.7. The smallest absolute Gasteiger partial charge is 0.264 e. The third kappa shape index (κ3) is 2.14. The van der Waals surface area contributed by atoms with Gasteiger partial charge >= 0.3 is 0 Å². The Bertz CT molecular complexity index is 694. The molecular weight excluding hydrogens is 284 g/mol. The molecule has 1 aliphatic rings. The molecule has 0 radical (unpaired) electrons. The van der Waals surface area contributed by atoms with Gasteiger partial charge < -0.3 is 5.73 Å². The van der Waals surface area contributed by atoms with Crippen molar-refractivity contribution in [3.63, 3.8) is 0 Å². The number of nitrogens with zero attached hydrogens (tertiary/aromatic N) is 1. The number of benzene rings is 1. The molecule has 4 nitrogen and oxygen atoms in total. The van der Waals surface area contributed by atoms with E-state index < -0.39 is 0 Å². The van der Waals surface area contributed by atoms with Crippen LogP contribution < -0.4 is 5.73 Å². The van der Waals surface area contributed by atoms with Gasteiger partial charge in [-0.25, -0.2) is 0 Å². The van der Waals surface area contributed by atoms with Crippen LogP contribution in [-0.2, 0) is 0 Å². The van der Waals surface area contributed by atoms with Crippen LogP contribution in [-0.4, -0.2) is 16.7 Å². The lowest BCUT2D eigenvalue weighted by Gasteiger charge is -2.25. The molecule has 0 saturated carbocycles. The van der Waals surface area contributed by atoms with E-state index in [0.717, 1.165) is 17.7 Å². The molecule has 0 bridgehead atoms. The van der Waals surface area contributed by atoms with Crippen molar-refractivity contribution < 1.29 is 9.59 Å². The average Bonchev–Trinajstić information content (AvgIpc) is 3.07. The van der Waals surface area contributed by atoms with Crippen LogP contribution in [0.4, 0.5) is 5.69 Å². The second-order valence-electron chi connectivity index (χ2n) is 5.07. The van der Waals surface area contributed by atoms with E-state index in [0.29, 0.717) is 16.8 Å². The van der Waals surface area contributed by atoms with Gasteiger partial charge in [-0.3, -0.25) is 14.5 Å². The fourth-order valence-corrected chi connectivity index (χ4v) is 3.62. The number of rotatable bonds is 4. The van der Waals surface area contributed by atoms with E-state index in [-0.39, 0.29) is 17.9 Å². The second-order valence-corrected chi connectivity index (χ2v) is 6.05. The van der Waals surface area contributed by atoms with E-state index in [2.05, 4.69) is 0 Å². The molecule has 3 rings (SSSR count). The molecule has 2 N–H and O–H groups in total. The zero-order chi connectivity index (χ0) is 15.0. The number of hydrogen-bond donors (Lipinski definition) is 1. The third-order valence-corrected chi connectivity index (χ3v) is 4.70. The van der Waals surface area contributed by atoms with Gasteiger partial charge in [-0.05, 0) is 30.0 Å². The van der Waals surface area contributed by atoms with Gasteiger partial charge in [0.2, 0.25) is 0 Å². The van der Waals surface area contributed by atoms with Crippen LogP contribution in [0.15, 0.2) is 35.7 Å². The molecule has 1 aromatic heterocycles. The van der Waals surface area contributed by atoms with E-state index in [4.69, 9.17) is 5.73 Å². The van der Waals surface area contributed by atoms with Crippen LogP contribution >= 0.6 is 11.3 Å². The minimum Gasteiger partial charge on any atom is -0.398 e. The van der Waals surface area contributed by atoms with E-state index in [1.807, 2.05) is 24.4 Å². The summed E-state index contributed by atoms with van der Waals surface area (Å²) in [6, 6.07) is 8.74. The van der Waals surface area contributed by atoms with Crippen molar-refractivity contribution in [2.75, 3.05) is 5.73 Å². The Kier molecular flexibility index (Phi) is 3.51. The SMILES string of the molecule is CCCC(c1cccs1)N1C(=O)c2cccc(N)c2C1=O. The monoisotopic (exact) mass is 300 g/mol. The molecule has 0 fully saturated rings. The zero-order valence-corrected chi connectivity index (χ0v) is 12.5. The maximum absolute atomic E-state index is 12.7. The first kappa shape index (κ1) is 13.8. The molecule has 21 heavy (non-hydrogen) atoms. The molecule has 2 heterocycles. The highest BCUT2D eigenvalue weighted by atomic mass is 32.1. The highest BCUT2D eigenvalue weighted by Gasteiger charge is 2.41. The maximum atomic E-state index is 12.7. The molecule has 2 aromatic rings. The molecule has 0 aliphatic carbocycles. The van der Waals surface area contributed by atoms with Crippen molar-refractivity contribution in [3.05, 3.63) is 51.7 Å². The highest BCUT2D eigenvalue weighted by Crippen LogP contribution is 2.37. The van der Waals surface area contributed by atoms with Crippen LogP contribution in [0.2, 0.25) is 0 Å². The van der Waals surface area contributed by atoms with Gasteiger partial charge in [-0.15, -0.1) is 11.3 Å². The van der Waals surface area contributed by atoms with E-state index in [1.54, 1.807) is 29.5 Å². The van der Waals surface area contributed by atoms with E-state index in [9.17, 15) is 9.59 Å². The minimum absolute atomic E-state index is 0.207. The predicted octanol–water partition coefficient (Wildman–Crippen LogP) is 3.47. The van der Waals surface area contributed by atoms with Gasteiger partial charge in [0.1, 0.15) is 0 Å². The first-order valence-electron chi connectivity index (χ1n) is 6.95. The Labute approximate surface area is 127 Å². The number of carbonyl (C=O) groups is 2. The van der Waals surface area contributed by atoms with E-state index >= 15 is 0 Å². The van der Waals surface area contributed by atoms with Crippen LogP contribution in [0.3, 0.4) is 0 Å². The largest absolute Gasteiger partial charge is 0.398 e. The standard InChI is InChI=1S/C16H16N2O2S/c1-2-5-12(13-8-4-9-21-13)18-15(19)10-6-3-7-11(17)14(10)16(18)20/h3-4,6-9,12H,2,5,17H2,1H3. The average molecular weight is 300 g/mol. The van der Waals surface area contributed by atoms with Crippen LogP contribution in [0.1, 0.15) is 51.4 Å². The summed E-state index contributed by atoms with van der Waals surface area (Å²) in [6.07, 6.45) is 1.65. The summed E-state index contributed by atoms with van der Waals surface area (Å²) >= 11 is 1.57. The molecule has 0 saturated heterocycles. The fourth-order valence-electron chi connectivity index (χ4n) is 2.77. The Hall–Kier alpha value is -2.14. The lowest BCUT2D eigenvalue weighted by atomic mass is 10.1. The third-order valence-electron chi connectivity index (χ3n) is 3.72. The Balaban J connectivity index is 2.05. The number of thiophene rings is 1. The van der Waals surface area contributed by atoms with Gasteiger partial charge in [-0.1, -0.05) is 25.5 Å². The van der Waals surface area contributed by atoms with Crippen LogP contribution in [0, 0.1) is 0 Å². The van der Waals surface area contributed by atoms with Gasteiger partial charge in [0, 0.05) is 10.6 Å². The summed E-state index contributed by atoms with van der Waals surface area (Å²) < 4.78 is 0. The highest BCUT2D eigenvalue weighted by molar-refractivity contribution is 7.10. The first-order valence-corrected chi connectivity index (χ1v) is 7.83. The van der Waals surface area contributed by atoms with Crippen molar-refractivity contribution >= 4 is 28.8 Å².